The molecule has 32 heavy (non-hydrogen) atoms. The van der Waals surface area contributed by atoms with Gasteiger partial charge in [-0.15, -0.1) is 0 Å². The van der Waals surface area contributed by atoms with Crippen molar-refractivity contribution < 1.29 is 4.79 Å². The van der Waals surface area contributed by atoms with Gasteiger partial charge in [-0.2, -0.15) is 5.26 Å². The molecule has 0 unspecified atom stereocenters. The van der Waals surface area contributed by atoms with Gasteiger partial charge in [-0.1, -0.05) is 32.3 Å². The Balaban J connectivity index is 1.79. The highest BCUT2D eigenvalue weighted by atomic mass is 16.2. The van der Waals surface area contributed by atoms with Crippen LogP contribution in [-0.2, 0) is 4.79 Å². The zero-order valence-corrected chi connectivity index (χ0v) is 18.9. The number of aryl methyl sites for hydroxylation is 1. The lowest BCUT2D eigenvalue weighted by Gasteiger charge is -2.32. The summed E-state index contributed by atoms with van der Waals surface area (Å²) in [6.07, 6.45) is 10.5. The van der Waals surface area contributed by atoms with Crippen LogP contribution in [0.3, 0.4) is 0 Å². The minimum absolute atomic E-state index is 0.0478. The molecule has 0 spiro atoms. The molecule has 0 radical (unpaired) electrons. The van der Waals surface area contributed by atoms with Crippen LogP contribution in [0.5, 0.6) is 0 Å². The molecular weight excluding hydrogens is 402 g/mol. The van der Waals surface area contributed by atoms with Gasteiger partial charge >= 0.3 is 0 Å². The Morgan fingerprint density at radius 3 is 2.75 bits per heavy atom. The molecule has 168 valence electrons. The zero-order chi connectivity index (χ0) is 22.7. The van der Waals surface area contributed by atoms with E-state index in [1.54, 1.807) is 6.20 Å². The number of nitrogens with one attached hydrogen (secondary N) is 1. The van der Waals surface area contributed by atoms with E-state index in [2.05, 4.69) is 17.1 Å². The SMILES string of the molecule is Cc1cccn2c(=O)c(/C=C(\C#N)C(=O)NC3CCCCC3)c(N3CCC[C@H](C)C3)nc12. The van der Waals surface area contributed by atoms with Crippen molar-refractivity contribution >= 4 is 23.4 Å². The zero-order valence-electron chi connectivity index (χ0n) is 18.9. The van der Waals surface area contributed by atoms with E-state index in [0.717, 1.165) is 57.2 Å². The van der Waals surface area contributed by atoms with Gasteiger partial charge in [0.05, 0.1) is 5.56 Å². The van der Waals surface area contributed by atoms with E-state index in [9.17, 15) is 14.9 Å². The maximum Gasteiger partial charge on any atom is 0.267 e. The van der Waals surface area contributed by atoms with Crippen LogP contribution >= 0.6 is 0 Å². The number of amides is 1. The molecule has 7 heteroatoms. The topological polar surface area (TPSA) is 90.5 Å². The number of carbonyl (C=O) groups excluding carboxylic acids is 1. The summed E-state index contributed by atoms with van der Waals surface area (Å²) in [6.45, 7) is 5.72. The predicted octanol–water partition coefficient (Wildman–Crippen LogP) is 3.60. The Bertz CT molecular complexity index is 1140. The molecule has 4 rings (SSSR count). The molecule has 0 bridgehead atoms. The minimum atomic E-state index is -0.411. The van der Waals surface area contributed by atoms with Crippen LogP contribution in [0.2, 0.25) is 0 Å². The fraction of sp³-hybridized carbons (Fsp3) is 0.520. The van der Waals surface area contributed by atoms with Gasteiger partial charge in [0, 0.05) is 25.3 Å². The maximum absolute atomic E-state index is 13.5. The lowest BCUT2D eigenvalue weighted by atomic mass is 9.95. The van der Waals surface area contributed by atoms with Crippen molar-refractivity contribution in [2.24, 2.45) is 5.92 Å². The van der Waals surface area contributed by atoms with Gasteiger partial charge in [-0.05, 0) is 56.2 Å². The number of piperidine rings is 1. The molecule has 1 saturated carbocycles. The molecule has 2 fully saturated rings. The van der Waals surface area contributed by atoms with Crippen LogP contribution in [0.4, 0.5) is 5.82 Å². The first-order valence-corrected chi connectivity index (χ1v) is 11.7. The number of pyridine rings is 1. The third-order valence-corrected chi connectivity index (χ3v) is 6.61. The molecule has 2 aromatic rings. The number of hydrogen-bond acceptors (Lipinski definition) is 5. The molecular formula is C25H31N5O2. The minimum Gasteiger partial charge on any atom is -0.356 e. The van der Waals surface area contributed by atoms with Crippen LogP contribution in [0.1, 0.15) is 63.0 Å². The van der Waals surface area contributed by atoms with Crippen LogP contribution in [0.25, 0.3) is 11.7 Å². The molecule has 1 atom stereocenters. The van der Waals surface area contributed by atoms with E-state index in [-0.39, 0.29) is 17.2 Å². The summed E-state index contributed by atoms with van der Waals surface area (Å²) in [5.74, 6) is 0.642. The summed E-state index contributed by atoms with van der Waals surface area (Å²) in [4.78, 5) is 33.4. The van der Waals surface area contributed by atoms with Crippen molar-refractivity contribution in [2.75, 3.05) is 18.0 Å². The Kier molecular flexibility index (Phi) is 6.59. The second kappa shape index (κ2) is 9.56. The first kappa shape index (κ1) is 22.1. The summed E-state index contributed by atoms with van der Waals surface area (Å²) in [5, 5.41) is 12.7. The summed E-state index contributed by atoms with van der Waals surface area (Å²) < 4.78 is 1.51. The number of rotatable bonds is 4. The van der Waals surface area contributed by atoms with Gasteiger partial charge in [-0.25, -0.2) is 4.98 Å². The Morgan fingerprint density at radius 1 is 1.25 bits per heavy atom. The van der Waals surface area contributed by atoms with Crippen LogP contribution in [0.15, 0.2) is 28.7 Å². The standard InChI is InChI=1S/C25H31N5O2/c1-17-8-6-12-29(16-17)23-21(25(32)30-13-7-9-18(2)22(30)28-23)14-19(15-26)24(31)27-20-10-4-3-5-11-20/h7,9,13-14,17,20H,3-6,8,10-12,16H2,1-2H3,(H,27,31)/b19-14+/t17-/m0/s1. The van der Waals surface area contributed by atoms with Crippen molar-refractivity contribution in [3.8, 4) is 6.07 Å². The number of anilines is 1. The van der Waals surface area contributed by atoms with Crippen molar-refractivity contribution in [2.45, 2.75) is 64.8 Å². The molecule has 2 aliphatic rings. The Morgan fingerprint density at radius 2 is 2.03 bits per heavy atom. The van der Waals surface area contributed by atoms with Gasteiger partial charge < -0.3 is 10.2 Å². The van der Waals surface area contributed by atoms with Crippen LogP contribution < -0.4 is 15.8 Å². The van der Waals surface area contributed by atoms with Crippen molar-refractivity contribution in [3.05, 3.63) is 45.4 Å². The second-order valence-electron chi connectivity index (χ2n) is 9.21. The molecule has 1 aliphatic carbocycles. The molecule has 7 nitrogen and oxygen atoms in total. The van der Waals surface area contributed by atoms with E-state index < -0.39 is 5.91 Å². The smallest absolute Gasteiger partial charge is 0.267 e. The Labute approximate surface area is 188 Å². The van der Waals surface area contributed by atoms with Gasteiger partial charge in [-0.3, -0.25) is 14.0 Å². The predicted molar refractivity (Wildman–Crippen MR) is 125 cm³/mol. The van der Waals surface area contributed by atoms with Crippen molar-refractivity contribution in [1.29, 1.82) is 5.26 Å². The second-order valence-corrected chi connectivity index (χ2v) is 9.21. The lowest BCUT2D eigenvalue weighted by molar-refractivity contribution is -0.117. The molecule has 2 aromatic heterocycles. The average molecular weight is 434 g/mol. The Hall–Kier alpha value is -3.14. The van der Waals surface area contributed by atoms with Gasteiger partial charge in [0.25, 0.3) is 11.5 Å². The normalized spacial score (nSPS) is 20.2. The monoisotopic (exact) mass is 433 g/mol. The van der Waals surface area contributed by atoms with Crippen LogP contribution in [0, 0.1) is 24.2 Å². The number of carbonyl (C=O) groups is 1. The molecule has 1 N–H and O–H groups in total. The van der Waals surface area contributed by atoms with E-state index >= 15 is 0 Å². The molecule has 3 heterocycles. The first-order chi connectivity index (χ1) is 15.5. The van der Waals surface area contributed by atoms with Gasteiger partial charge in [0.15, 0.2) is 0 Å². The molecule has 1 amide bonds. The van der Waals surface area contributed by atoms with Crippen molar-refractivity contribution in [1.82, 2.24) is 14.7 Å². The van der Waals surface area contributed by atoms with Gasteiger partial charge in [0.1, 0.15) is 23.1 Å². The number of nitrogens with zero attached hydrogens (tertiary/aromatic N) is 4. The van der Waals surface area contributed by atoms with E-state index in [4.69, 9.17) is 4.98 Å². The third-order valence-electron chi connectivity index (χ3n) is 6.61. The van der Waals surface area contributed by atoms with E-state index in [1.165, 1.54) is 16.9 Å². The maximum atomic E-state index is 13.5. The quantitative estimate of drug-likeness (QED) is 0.588. The fourth-order valence-corrected chi connectivity index (χ4v) is 4.85. The lowest BCUT2D eigenvalue weighted by Crippen LogP contribution is -2.38. The van der Waals surface area contributed by atoms with Crippen LogP contribution in [-0.4, -0.2) is 34.4 Å². The summed E-state index contributed by atoms with van der Waals surface area (Å²) in [5.41, 5.74) is 1.51. The molecule has 1 saturated heterocycles. The first-order valence-electron chi connectivity index (χ1n) is 11.7. The van der Waals surface area contributed by atoms with E-state index in [1.807, 2.05) is 25.1 Å². The highest BCUT2D eigenvalue weighted by Gasteiger charge is 2.24. The third kappa shape index (κ3) is 4.55. The summed E-state index contributed by atoms with van der Waals surface area (Å²) >= 11 is 0. The number of aromatic nitrogens is 2. The fourth-order valence-electron chi connectivity index (χ4n) is 4.85. The number of fused-ring (bicyclic) bond motifs is 1. The average Bonchev–Trinajstić information content (AvgIpc) is 2.79. The summed E-state index contributed by atoms with van der Waals surface area (Å²) in [6, 6.07) is 5.85. The highest BCUT2D eigenvalue weighted by molar-refractivity contribution is 6.02. The largest absolute Gasteiger partial charge is 0.356 e. The van der Waals surface area contributed by atoms with Crippen molar-refractivity contribution in [3.63, 3.8) is 0 Å². The number of nitriles is 1. The molecule has 0 aromatic carbocycles. The molecule has 1 aliphatic heterocycles. The number of hydrogen-bond donors (Lipinski definition) is 1. The van der Waals surface area contributed by atoms with Gasteiger partial charge in [0.2, 0.25) is 0 Å². The summed E-state index contributed by atoms with van der Waals surface area (Å²) in [7, 11) is 0. The highest BCUT2D eigenvalue weighted by Crippen LogP contribution is 2.26. The van der Waals surface area contributed by atoms with E-state index in [0.29, 0.717) is 22.9 Å².